The van der Waals surface area contributed by atoms with E-state index >= 15 is 0 Å². The summed E-state index contributed by atoms with van der Waals surface area (Å²) in [6.45, 7) is 15.0. The smallest absolute Gasteiger partial charge is 0.0213 e. The Morgan fingerprint density at radius 1 is 0.722 bits per heavy atom. The van der Waals surface area contributed by atoms with E-state index in [-0.39, 0.29) is 11.1 Å². The van der Waals surface area contributed by atoms with Crippen LogP contribution in [0, 0.1) is 0 Å². The lowest BCUT2D eigenvalue weighted by Crippen LogP contribution is -2.37. The first-order chi connectivity index (χ1) is 8.17. The van der Waals surface area contributed by atoms with E-state index in [4.69, 9.17) is 0 Å². The van der Waals surface area contributed by atoms with E-state index in [1.165, 1.54) is 11.1 Å². The van der Waals surface area contributed by atoms with Crippen LogP contribution in [0.25, 0.3) is 0 Å². The van der Waals surface area contributed by atoms with Gasteiger partial charge in [0, 0.05) is 24.2 Å². The number of nitrogens with one attached hydrogen (secondary N) is 2. The molecule has 0 aromatic heterocycles. The van der Waals surface area contributed by atoms with E-state index in [0.29, 0.717) is 0 Å². The van der Waals surface area contributed by atoms with Gasteiger partial charge < -0.3 is 10.6 Å². The highest BCUT2D eigenvalue weighted by Gasteiger charge is 2.12. The quantitative estimate of drug-likeness (QED) is 0.852. The van der Waals surface area contributed by atoms with Crippen LogP contribution in [-0.2, 0) is 13.1 Å². The van der Waals surface area contributed by atoms with Gasteiger partial charge in [0.25, 0.3) is 0 Å². The van der Waals surface area contributed by atoms with Gasteiger partial charge in [0.1, 0.15) is 0 Å². The Hall–Kier alpha value is -0.860. The van der Waals surface area contributed by atoms with Gasteiger partial charge in [-0.25, -0.2) is 0 Å². The molecular formula is C16H28N2. The topological polar surface area (TPSA) is 24.1 Å². The van der Waals surface area contributed by atoms with E-state index in [9.17, 15) is 0 Å². The van der Waals surface area contributed by atoms with Crippen LogP contribution in [-0.4, -0.2) is 11.1 Å². The summed E-state index contributed by atoms with van der Waals surface area (Å²) >= 11 is 0. The van der Waals surface area contributed by atoms with Gasteiger partial charge >= 0.3 is 0 Å². The Bertz CT molecular complexity index is 332. The van der Waals surface area contributed by atoms with Crippen LogP contribution >= 0.6 is 0 Å². The highest BCUT2D eigenvalue weighted by Crippen LogP contribution is 2.12. The molecule has 1 rings (SSSR count). The van der Waals surface area contributed by atoms with Crippen LogP contribution in [0.1, 0.15) is 52.7 Å². The van der Waals surface area contributed by atoms with Crippen molar-refractivity contribution in [2.24, 2.45) is 0 Å². The van der Waals surface area contributed by atoms with E-state index in [1.54, 1.807) is 0 Å². The van der Waals surface area contributed by atoms with Gasteiger partial charge in [0.15, 0.2) is 0 Å². The van der Waals surface area contributed by atoms with Crippen LogP contribution in [0.5, 0.6) is 0 Å². The van der Waals surface area contributed by atoms with Crippen molar-refractivity contribution in [3.8, 4) is 0 Å². The second-order valence-corrected chi connectivity index (χ2v) is 6.98. The lowest BCUT2D eigenvalue weighted by molar-refractivity contribution is 0.413. The molecule has 0 aliphatic heterocycles. The van der Waals surface area contributed by atoms with Crippen molar-refractivity contribution in [2.45, 2.75) is 65.7 Å². The standard InChI is InChI=1S/C16H28N2/c1-15(2,3)17-11-13-9-7-8-10-14(13)12-18-16(4,5)6/h7-10,17-18H,11-12H2,1-6H3. The van der Waals surface area contributed by atoms with Crippen LogP contribution in [0.15, 0.2) is 24.3 Å². The summed E-state index contributed by atoms with van der Waals surface area (Å²) in [5.41, 5.74) is 3.07. The molecule has 102 valence electrons. The normalized spacial score (nSPS) is 12.8. The fourth-order valence-electron chi connectivity index (χ4n) is 1.62. The zero-order valence-corrected chi connectivity index (χ0v) is 12.7. The maximum Gasteiger partial charge on any atom is 0.0213 e. The fourth-order valence-corrected chi connectivity index (χ4v) is 1.62. The summed E-state index contributed by atoms with van der Waals surface area (Å²) in [4.78, 5) is 0. The molecule has 0 saturated carbocycles. The minimum absolute atomic E-state index is 0.157. The van der Waals surface area contributed by atoms with Gasteiger partial charge in [0.05, 0.1) is 0 Å². The molecule has 1 aromatic carbocycles. The largest absolute Gasteiger partial charge is 0.308 e. The van der Waals surface area contributed by atoms with Crippen molar-refractivity contribution in [2.75, 3.05) is 0 Å². The van der Waals surface area contributed by atoms with Crippen molar-refractivity contribution in [3.63, 3.8) is 0 Å². The first-order valence-electron chi connectivity index (χ1n) is 6.74. The van der Waals surface area contributed by atoms with Crippen molar-refractivity contribution in [1.29, 1.82) is 0 Å². The maximum absolute atomic E-state index is 3.55. The van der Waals surface area contributed by atoms with Gasteiger partial charge in [0.2, 0.25) is 0 Å². The van der Waals surface area contributed by atoms with Crippen LogP contribution in [0.2, 0.25) is 0 Å². The van der Waals surface area contributed by atoms with E-state index < -0.39 is 0 Å². The number of hydrogen-bond acceptors (Lipinski definition) is 2. The number of hydrogen-bond donors (Lipinski definition) is 2. The SMILES string of the molecule is CC(C)(C)NCc1ccccc1CNC(C)(C)C. The van der Waals surface area contributed by atoms with Crippen molar-refractivity contribution in [1.82, 2.24) is 10.6 Å². The lowest BCUT2D eigenvalue weighted by Gasteiger charge is -2.24. The summed E-state index contributed by atoms with van der Waals surface area (Å²) in [5, 5.41) is 7.10. The molecule has 0 bridgehead atoms. The van der Waals surface area contributed by atoms with Gasteiger partial charge in [-0.3, -0.25) is 0 Å². The molecule has 0 amide bonds. The van der Waals surface area contributed by atoms with Crippen LogP contribution in [0.3, 0.4) is 0 Å². The molecule has 0 aliphatic rings. The number of rotatable bonds is 4. The molecule has 0 fully saturated rings. The molecule has 0 heterocycles. The second kappa shape index (κ2) is 5.85. The zero-order chi connectivity index (χ0) is 13.8. The van der Waals surface area contributed by atoms with E-state index in [2.05, 4.69) is 76.4 Å². The molecule has 18 heavy (non-hydrogen) atoms. The molecule has 0 atom stereocenters. The molecule has 0 unspecified atom stereocenters. The molecule has 0 aliphatic carbocycles. The summed E-state index contributed by atoms with van der Waals surface area (Å²) in [7, 11) is 0. The Kier molecular flexibility index (Phi) is 4.94. The van der Waals surface area contributed by atoms with Gasteiger partial charge in [-0.1, -0.05) is 24.3 Å². The molecular weight excluding hydrogens is 220 g/mol. The molecule has 0 spiro atoms. The summed E-state index contributed by atoms with van der Waals surface area (Å²) in [5.74, 6) is 0. The third-order valence-electron chi connectivity index (χ3n) is 2.74. The Morgan fingerprint density at radius 3 is 1.33 bits per heavy atom. The summed E-state index contributed by atoms with van der Waals surface area (Å²) < 4.78 is 0. The summed E-state index contributed by atoms with van der Waals surface area (Å²) in [6, 6.07) is 8.64. The third kappa shape index (κ3) is 6.18. The molecule has 0 radical (unpaired) electrons. The molecule has 0 saturated heterocycles. The van der Waals surface area contributed by atoms with Crippen molar-refractivity contribution < 1.29 is 0 Å². The van der Waals surface area contributed by atoms with Crippen LogP contribution < -0.4 is 10.6 Å². The van der Waals surface area contributed by atoms with Gasteiger partial charge in [-0.05, 0) is 52.7 Å². The lowest BCUT2D eigenvalue weighted by atomic mass is 10.0. The molecule has 2 heteroatoms. The first-order valence-corrected chi connectivity index (χ1v) is 6.74. The molecule has 2 N–H and O–H groups in total. The highest BCUT2D eigenvalue weighted by atomic mass is 15.0. The minimum atomic E-state index is 0.157. The average Bonchev–Trinajstić information content (AvgIpc) is 2.22. The second-order valence-electron chi connectivity index (χ2n) is 6.98. The maximum atomic E-state index is 3.55. The van der Waals surface area contributed by atoms with Gasteiger partial charge in [-0.2, -0.15) is 0 Å². The van der Waals surface area contributed by atoms with Crippen LogP contribution in [0.4, 0.5) is 0 Å². The molecule has 1 aromatic rings. The number of benzene rings is 1. The summed E-state index contributed by atoms with van der Waals surface area (Å²) in [6.07, 6.45) is 0. The Morgan fingerprint density at radius 2 is 1.06 bits per heavy atom. The van der Waals surface area contributed by atoms with Gasteiger partial charge in [-0.15, -0.1) is 0 Å². The zero-order valence-electron chi connectivity index (χ0n) is 12.7. The van der Waals surface area contributed by atoms with E-state index in [1.807, 2.05) is 0 Å². The minimum Gasteiger partial charge on any atom is -0.308 e. The third-order valence-corrected chi connectivity index (χ3v) is 2.74. The predicted molar refractivity (Wildman–Crippen MR) is 79.6 cm³/mol. The monoisotopic (exact) mass is 248 g/mol. The van der Waals surface area contributed by atoms with E-state index in [0.717, 1.165) is 13.1 Å². The molecule has 2 nitrogen and oxygen atoms in total. The first kappa shape index (κ1) is 15.2. The highest BCUT2D eigenvalue weighted by molar-refractivity contribution is 5.27. The Balaban J connectivity index is 2.68. The Labute approximate surface area is 112 Å². The van der Waals surface area contributed by atoms with Crippen molar-refractivity contribution >= 4 is 0 Å². The van der Waals surface area contributed by atoms with Crippen molar-refractivity contribution in [3.05, 3.63) is 35.4 Å². The fraction of sp³-hybridized carbons (Fsp3) is 0.625. The predicted octanol–water partition coefficient (Wildman–Crippen LogP) is 3.46. The average molecular weight is 248 g/mol.